The molecule has 1 amide bonds. The quantitative estimate of drug-likeness (QED) is 0.324. The van der Waals surface area contributed by atoms with Gasteiger partial charge in [0.05, 0.1) is 37.3 Å². The number of nitrogens with one attached hydrogen (secondary N) is 1. The van der Waals surface area contributed by atoms with Crippen LogP contribution in [0.5, 0.6) is 0 Å². The van der Waals surface area contributed by atoms with Crippen LogP contribution in [0.2, 0.25) is 5.02 Å². The van der Waals surface area contributed by atoms with Gasteiger partial charge in [0.2, 0.25) is 5.91 Å². The Balaban J connectivity index is 1.47. The number of carbonyl (C=O) groups excluding carboxylic acids is 2. The number of hydrogen-bond acceptors (Lipinski definition) is 10. The van der Waals surface area contributed by atoms with Crippen LogP contribution in [0.4, 0.5) is 10.8 Å². The molecule has 1 aliphatic heterocycles. The molecule has 0 bridgehead atoms. The van der Waals surface area contributed by atoms with E-state index in [-0.39, 0.29) is 17.2 Å². The number of morpholine rings is 1. The number of rotatable bonds is 6. The minimum absolute atomic E-state index is 0.0873. The van der Waals surface area contributed by atoms with Crippen molar-refractivity contribution in [2.45, 2.75) is 5.03 Å². The van der Waals surface area contributed by atoms with Crippen molar-refractivity contribution in [3.8, 4) is 0 Å². The maximum absolute atomic E-state index is 12.5. The minimum atomic E-state index is -0.558. The van der Waals surface area contributed by atoms with Gasteiger partial charge >= 0.3 is 5.97 Å². The summed E-state index contributed by atoms with van der Waals surface area (Å²) in [6, 6.07) is 4.58. The highest BCUT2D eigenvalue weighted by Crippen LogP contribution is 2.34. The molecule has 1 N–H and O–H groups in total. The first-order valence-corrected chi connectivity index (χ1v) is 11.5. The van der Waals surface area contributed by atoms with Crippen LogP contribution < -0.4 is 10.2 Å². The number of ether oxygens (including phenoxy) is 2. The summed E-state index contributed by atoms with van der Waals surface area (Å²) in [7, 11) is 1.28. The number of methoxy groups -OCH3 is 1. The third-order valence-electron chi connectivity index (χ3n) is 4.43. The minimum Gasteiger partial charge on any atom is -0.465 e. The van der Waals surface area contributed by atoms with Gasteiger partial charge in [0, 0.05) is 18.1 Å². The molecule has 12 heteroatoms. The lowest BCUT2D eigenvalue weighted by molar-refractivity contribution is -0.113. The molecule has 3 aromatic rings. The number of carbonyl (C=O) groups is 2. The standard InChI is InChI=1S/C19H18ClN5O4S2/c1-28-18(27)12-3-2-11(20)8-13(12)23-14(26)9-30-17-15-16(21-10-22-17)24-19(31-15)25-4-6-29-7-5-25/h2-3,8,10H,4-7,9H2,1H3,(H,23,26). The second kappa shape index (κ2) is 9.77. The average molecular weight is 480 g/mol. The number of halogens is 1. The van der Waals surface area contributed by atoms with Crippen LogP contribution >= 0.6 is 34.7 Å². The van der Waals surface area contributed by atoms with E-state index in [9.17, 15) is 9.59 Å². The lowest BCUT2D eigenvalue weighted by atomic mass is 10.2. The van der Waals surface area contributed by atoms with Crippen LogP contribution in [0.1, 0.15) is 10.4 Å². The molecule has 0 aliphatic carbocycles. The molecule has 0 radical (unpaired) electrons. The number of thiazole rings is 1. The molecule has 1 aromatic carbocycles. The van der Waals surface area contributed by atoms with E-state index in [0.29, 0.717) is 34.6 Å². The summed E-state index contributed by atoms with van der Waals surface area (Å²) < 4.78 is 11.0. The van der Waals surface area contributed by atoms with Gasteiger partial charge in [-0.25, -0.2) is 14.8 Å². The Morgan fingerprint density at radius 2 is 2.13 bits per heavy atom. The number of esters is 1. The number of hydrogen-bond donors (Lipinski definition) is 1. The zero-order valence-corrected chi connectivity index (χ0v) is 18.9. The van der Waals surface area contributed by atoms with Crippen LogP contribution in [-0.2, 0) is 14.3 Å². The Kier molecular flexibility index (Phi) is 6.86. The molecular formula is C19H18ClN5O4S2. The lowest BCUT2D eigenvalue weighted by Gasteiger charge is -2.25. The number of amides is 1. The van der Waals surface area contributed by atoms with Crippen molar-refractivity contribution < 1.29 is 19.1 Å². The Hall–Kier alpha value is -2.47. The number of nitrogens with zero attached hydrogens (tertiary/aromatic N) is 4. The molecule has 1 saturated heterocycles. The summed E-state index contributed by atoms with van der Waals surface area (Å²) in [5, 5.41) is 4.66. The highest BCUT2D eigenvalue weighted by atomic mass is 35.5. The van der Waals surface area contributed by atoms with E-state index in [0.717, 1.165) is 22.9 Å². The number of thioether (sulfide) groups is 1. The largest absolute Gasteiger partial charge is 0.465 e. The molecule has 0 spiro atoms. The first-order chi connectivity index (χ1) is 15.0. The van der Waals surface area contributed by atoms with Gasteiger partial charge in [-0.1, -0.05) is 34.7 Å². The zero-order chi connectivity index (χ0) is 21.8. The van der Waals surface area contributed by atoms with E-state index in [2.05, 4.69) is 25.2 Å². The van der Waals surface area contributed by atoms with E-state index in [4.69, 9.17) is 21.1 Å². The normalized spacial score (nSPS) is 13.9. The number of aromatic nitrogens is 3. The Bertz CT molecular complexity index is 1120. The SMILES string of the molecule is COC(=O)c1ccc(Cl)cc1NC(=O)CSc1ncnc2nc(N3CCOCC3)sc12. The van der Waals surface area contributed by atoms with Crippen LogP contribution in [0.15, 0.2) is 29.6 Å². The van der Waals surface area contributed by atoms with Gasteiger partial charge in [0.25, 0.3) is 0 Å². The molecule has 3 heterocycles. The van der Waals surface area contributed by atoms with Crippen molar-refractivity contribution in [3.05, 3.63) is 35.1 Å². The monoisotopic (exact) mass is 479 g/mol. The molecule has 4 rings (SSSR count). The zero-order valence-electron chi connectivity index (χ0n) is 16.5. The molecule has 0 atom stereocenters. The van der Waals surface area contributed by atoms with Gasteiger partial charge in [0.15, 0.2) is 10.8 Å². The summed E-state index contributed by atoms with van der Waals surface area (Å²) in [4.78, 5) is 39.8. The van der Waals surface area contributed by atoms with Gasteiger partial charge in [-0.05, 0) is 18.2 Å². The van der Waals surface area contributed by atoms with Gasteiger partial charge < -0.3 is 19.7 Å². The highest BCUT2D eigenvalue weighted by molar-refractivity contribution is 8.00. The van der Waals surface area contributed by atoms with Crippen molar-refractivity contribution in [2.24, 2.45) is 0 Å². The summed E-state index contributed by atoms with van der Waals surface area (Å²) >= 11 is 8.79. The fraction of sp³-hybridized carbons (Fsp3) is 0.316. The van der Waals surface area contributed by atoms with Gasteiger partial charge in [0.1, 0.15) is 16.1 Å². The maximum Gasteiger partial charge on any atom is 0.339 e. The van der Waals surface area contributed by atoms with Gasteiger partial charge in [-0.2, -0.15) is 4.98 Å². The van der Waals surface area contributed by atoms with Crippen molar-refractivity contribution in [2.75, 3.05) is 49.4 Å². The van der Waals surface area contributed by atoms with Crippen molar-refractivity contribution in [3.63, 3.8) is 0 Å². The Morgan fingerprint density at radius 1 is 1.32 bits per heavy atom. The molecule has 0 unspecified atom stereocenters. The summed E-state index contributed by atoms with van der Waals surface area (Å²) in [6.07, 6.45) is 1.44. The molecule has 1 aliphatic rings. The van der Waals surface area contributed by atoms with E-state index in [1.54, 1.807) is 6.07 Å². The van der Waals surface area contributed by atoms with Gasteiger partial charge in [-0.3, -0.25) is 4.79 Å². The summed E-state index contributed by atoms with van der Waals surface area (Å²) in [5.41, 5.74) is 1.13. The third kappa shape index (κ3) is 5.06. The fourth-order valence-corrected chi connectivity index (χ4v) is 5.06. The molecule has 9 nitrogen and oxygen atoms in total. The smallest absolute Gasteiger partial charge is 0.339 e. The number of benzene rings is 1. The number of anilines is 2. The van der Waals surface area contributed by atoms with Crippen molar-refractivity contribution in [1.82, 2.24) is 15.0 Å². The third-order valence-corrected chi connectivity index (χ3v) is 6.90. The first-order valence-electron chi connectivity index (χ1n) is 9.30. The van der Waals surface area contributed by atoms with Crippen molar-refractivity contribution >= 4 is 67.7 Å². The lowest BCUT2D eigenvalue weighted by Crippen LogP contribution is -2.36. The second-order valence-corrected chi connectivity index (χ2v) is 8.82. The van der Waals surface area contributed by atoms with Crippen molar-refractivity contribution in [1.29, 1.82) is 0 Å². The van der Waals surface area contributed by atoms with E-state index < -0.39 is 5.97 Å². The topological polar surface area (TPSA) is 107 Å². The Morgan fingerprint density at radius 3 is 2.90 bits per heavy atom. The predicted molar refractivity (Wildman–Crippen MR) is 120 cm³/mol. The van der Waals surface area contributed by atoms with Crippen LogP contribution in [-0.4, -0.2) is 66.0 Å². The highest BCUT2D eigenvalue weighted by Gasteiger charge is 2.19. The Labute approximate surface area is 191 Å². The fourth-order valence-electron chi connectivity index (χ4n) is 2.94. The molecular weight excluding hydrogens is 462 g/mol. The van der Waals surface area contributed by atoms with Crippen LogP contribution in [0, 0.1) is 0 Å². The average Bonchev–Trinajstić information content (AvgIpc) is 3.23. The van der Waals surface area contributed by atoms with E-state index >= 15 is 0 Å². The van der Waals surface area contributed by atoms with Gasteiger partial charge in [-0.15, -0.1) is 0 Å². The van der Waals surface area contributed by atoms with E-state index in [1.165, 1.54) is 48.7 Å². The summed E-state index contributed by atoms with van der Waals surface area (Å²) in [5.74, 6) is -0.774. The molecule has 0 saturated carbocycles. The van der Waals surface area contributed by atoms with Crippen LogP contribution in [0.25, 0.3) is 10.3 Å². The first kappa shape index (κ1) is 21.8. The molecule has 1 fully saturated rings. The molecule has 2 aromatic heterocycles. The molecule has 162 valence electrons. The second-order valence-electron chi connectivity index (χ2n) is 6.45. The van der Waals surface area contributed by atoms with E-state index in [1.807, 2.05) is 0 Å². The maximum atomic E-state index is 12.5. The van der Waals surface area contributed by atoms with Crippen LogP contribution in [0.3, 0.4) is 0 Å². The number of fused-ring (bicyclic) bond motifs is 1. The predicted octanol–water partition coefficient (Wildman–Crippen LogP) is 3.09. The molecule has 31 heavy (non-hydrogen) atoms. The summed E-state index contributed by atoms with van der Waals surface area (Å²) in [6.45, 7) is 2.89.